The van der Waals surface area contributed by atoms with Crippen molar-refractivity contribution < 1.29 is 8.42 Å². The molecule has 0 spiro atoms. The van der Waals surface area contributed by atoms with Crippen LogP contribution in [0.5, 0.6) is 0 Å². The molecule has 1 fully saturated rings. The van der Waals surface area contributed by atoms with Crippen molar-refractivity contribution in [3.8, 4) is 0 Å². The van der Waals surface area contributed by atoms with Crippen LogP contribution in [0.3, 0.4) is 0 Å². The van der Waals surface area contributed by atoms with Crippen LogP contribution in [-0.2, 0) is 10.0 Å². The van der Waals surface area contributed by atoms with Crippen LogP contribution >= 0.6 is 0 Å². The van der Waals surface area contributed by atoms with Crippen LogP contribution in [0.25, 0.3) is 6.08 Å². The van der Waals surface area contributed by atoms with Crippen molar-refractivity contribution in [1.29, 1.82) is 0 Å². The lowest BCUT2D eigenvalue weighted by Gasteiger charge is -2.31. The number of likely N-dealkylation sites (tertiary alicyclic amines) is 1. The summed E-state index contributed by atoms with van der Waals surface area (Å²) in [5.74, 6) is 0.930. The summed E-state index contributed by atoms with van der Waals surface area (Å²) in [5.41, 5.74) is 2.70. The Morgan fingerprint density at radius 1 is 1.20 bits per heavy atom. The standard InChI is InChI=1S/C18H28N4O2S/c1-3-25(23,24)21-12-11-20-18(19-2)22-13-9-17(10-14-22)15-16-7-5-4-6-8-16/h4-8,15,21H,3,9-14H2,1-2H3,(H,19,20). The molecule has 0 aromatic heterocycles. The van der Waals surface area contributed by atoms with Crippen molar-refractivity contribution in [3.05, 3.63) is 41.5 Å². The average molecular weight is 365 g/mol. The van der Waals surface area contributed by atoms with E-state index < -0.39 is 10.0 Å². The smallest absolute Gasteiger partial charge is 0.211 e. The number of aliphatic imine (C=N–C) groups is 1. The number of nitrogens with one attached hydrogen (secondary N) is 2. The summed E-state index contributed by atoms with van der Waals surface area (Å²) >= 11 is 0. The first-order chi connectivity index (χ1) is 12.0. The van der Waals surface area contributed by atoms with E-state index in [9.17, 15) is 8.42 Å². The number of hydrogen-bond acceptors (Lipinski definition) is 3. The third-order valence-corrected chi connectivity index (χ3v) is 5.60. The number of benzene rings is 1. The first-order valence-corrected chi connectivity index (χ1v) is 10.4. The Balaban J connectivity index is 1.79. The molecule has 1 heterocycles. The maximum atomic E-state index is 11.4. The molecule has 1 aliphatic rings. The maximum absolute atomic E-state index is 11.4. The Morgan fingerprint density at radius 2 is 1.88 bits per heavy atom. The minimum Gasteiger partial charge on any atom is -0.355 e. The van der Waals surface area contributed by atoms with E-state index in [0.29, 0.717) is 13.1 Å². The van der Waals surface area contributed by atoms with Gasteiger partial charge in [0.25, 0.3) is 0 Å². The summed E-state index contributed by atoms with van der Waals surface area (Å²) in [5, 5.41) is 3.23. The van der Waals surface area contributed by atoms with E-state index in [0.717, 1.165) is 31.9 Å². The second-order valence-electron chi connectivity index (χ2n) is 5.97. The van der Waals surface area contributed by atoms with E-state index >= 15 is 0 Å². The molecule has 0 atom stereocenters. The molecule has 1 aromatic rings. The lowest BCUT2D eigenvalue weighted by Crippen LogP contribution is -2.46. The van der Waals surface area contributed by atoms with Crippen molar-refractivity contribution >= 4 is 22.1 Å². The Labute approximate surface area is 151 Å². The van der Waals surface area contributed by atoms with Crippen LogP contribution in [0.15, 0.2) is 40.9 Å². The molecule has 6 nitrogen and oxygen atoms in total. The van der Waals surface area contributed by atoms with E-state index in [1.165, 1.54) is 11.1 Å². The lowest BCUT2D eigenvalue weighted by molar-refractivity contribution is 0.376. The molecule has 0 amide bonds. The van der Waals surface area contributed by atoms with Gasteiger partial charge in [-0.3, -0.25) is 4.99 Å². The van der Waals surface area contributed by atoms with Crippen LogP contribution in [0.1, 0.15) is 25.3 Å². The molecule has 0 unspecified atom stereocenters. The maximum Gasteiger partial charge on any atom is 0.211 e. The van der Waals surface area contributed by atoms with Gasteiger partial charge in [0.2, 0.25) is 10.0 Å². The van der Waals surface area contributed by atoms with E-state index in [4.69, 9.17) is 0 Å². The summed E-state index contributed by atoms with van der Waals surface area (Å²) in [7, 11) is -1.38. The van der Waals surface area contributed by atoms with E-state index in [1.54, 1.807) is 14.0 Å². The van der Waals surface area contributed by atoms with Gasteiger partial charge in [0.15, 0.2) is 5.96 Å². The van der Waals surface area contributed by atoms with Gasteiger partial charge in [-0.1, -0.05) is 42.0 Å². The molecule has 1 saturated heterocycles. The highest BCUT2D eigenvalue weighted by Gasteiger charge is 2.17. The van der Waals surface area contributed by atoms with Crippen molar-refractivity contribution in [2.75, 3.05) is 39.0 Å². The molecule has 1 aromatic carbocycles. The molecular weight excluding hydrogens is 336 g/mol. The fourth-order valence-corrected chi connectivity index (χ4v) is 3.37. The fourth-order valence-electron chi connectivity index (χ4n) is 2.75. The summed E-state index contributed by atoms with van der Waals surface area (Å²) < 4.78 is 25.4. The highest BCUT2D eigenvalue weighted by molar-refractivity contribution is 7.89. The summed E-state index contributed by atoms with van der Waals surface area (Å²) in [4.78, 5) is 6.53. The first kappa shape index (κ1) is 19.5. The number of guanidine groups is 1. The molecule has 2 rings (SSSR count). The predicted octanol–water partition coefficient (Wildman–Crippen LogP) is 1.68. The van der Waals surface area contributed by atoms with Crippen LogP contribution < -0.4 is 10.0 Å². The van der Waals surface area contributed by atoms with Crippen molar-refractivity contribution in [2.24, 2.45) is 4.99 Å². The zero-order valence-corrected chi connectivity index (χ0v) is 15.8. The Hall–Kier alpha value is -1.86. The second kappa shape index (κ2) is 9.58. The highest BCUT2D eigenvalue weighted by Crippen LogP contribution is 2.19. The van der Waals surface area contributed by atoms with Crippen LogP contribution in [0.2, 0.25) is 0 Å². The van der Waals surface area contributed by atoms with Gasteiger partial charge in [-0.05, 0) is 25.3 Å². The number of sulfonamides is 1. The topological polar surface area (TPSA) is 73.8 Å². The molecule has 7 heteroatoms. The van der Waals surface area contributed by atoms with Gasteiger partial charge in [0.05, 0.1) is 5.75 Å². The second-order valence-corrected chi connectivity index (χ2v) is 8.07. The largest absolute Gasteiger partial charge is 0.355 e. The van der Waals surface area contributed by atoms with Crippen LogP contribution in [-0.4, -0.2) is 58.3 Å². The van der Waals surface area contributed by atoms with Gasteiger partial charge in [-0.25, -0.2) is 13.1 Å². The van der Waals surface area contributed by atoms with Crippen LogP contribution in [0.4, 0.5) is 0 Å². The summed E-state index contributed by atoms with van der Waals surface area (Å²) in [6.07, 6.45) is 4.29. The zero-order valence-electron chi connectivity index (χ0n) is 15.0. The number of piperidine rings is 1. The molecule has 25 heavy (non-hydrogen) atoms. The number of rotatable bonds is 6. The predicted molar refractivity (Wildman–Crippen MR) is 104 cm³/mol. The van der Waals surface area contributed by atoms with Gasteiger partial charge < -0.3 is 10.2 Å². The van der Waals surface area contributed by atoms with Gasteiger partial charge in [-0.2, -0.15) is 0 Å². The monoisotopic (exact) mass is 364 g/mol. The highest BCUT2D eigenvalue weighted by atomic mass is 32.2. The molecule has 138 valence electrons. The Morgan fingerprint density at radius 3 is 2.48 bits per heavy atom. The average Bonchev–Trinajstić information content (AvgIpc) is 2.64. The van der Waals surface area contributed by atoms with E-state index in [2.05, 4.69) is 50.3 Å². The van der Waals surface area contributed by atoms with Gasteiger partial charge >= 0.3 is 0 Å². The zero-order chi connectivity index (χ0) is 18.1. The van der Waals surface area contributed by atoms with Crippen molar-refractivity contribution in [2.45, 2.75) is 19.8 Å². The lowest BCUT2D eigenvalue weighted by atomic mass is 10.0. The third-order valence-electron chi connectivity index (χ3n) is 4.20. The van der Waals surface area contributed by atoms with Gasteiger partial charge in [0.1, 0.15) is 0 Å². The van der Waals surface area contributed by atoms with Crippen LogP contribution in [0, 0.1) is 0 Å². The molecule has 0 radical (unpaired) electrons. The Kier molecular flexibility index (Phi) is 7.46. The first-order valence-electron chi connectivity index (χ1n) is 8.71. The third kappa shape index (κ3) is 6.51. The quantitative estimate of drug-likeness (QED) is 0.458. The molecule has 1 aliphatic heterocycles. The molecule has 0 aliphatic carbocycles. The van der Waals surface area contributed by atoms with E-state index in [1.807, 2.05) is 6.07 Å². The molecule has 2 N–H and O–H groups in total. The minimum atomic E-state index is -3.14. The normalized spacial score (nSPS) is 16.0. The Bertz CT molecular complexity index is 689. The molecule has 0 bridgehead atoms. The van der Waals surface area contributed by atoms with Gasteiger partial charge in [-0.15, -0.1) is 0 Å². The molecule has 0 saturated carbocycles. The summed E-state index contributed by atoms with van der Waals surface area (Å²) in [6, 6.07) is 10.4. The van der Waals surface area contributed by atoms with E-state index in [-0.39, 0.29) is 5.75 Å². The minimum absolute atomic E-state index is 0.102. The van der Waals surface area contributed by atoms with Gasteiger partial charge in [0, 0.05) is 33.2 Å². The van der Waals surface area contributed by atoms with Crippen molar-refractivity contribution in [1.82, 2.24) is 14.9 Å². The molecular formula is C18H28N4O2S. The number of nitrogens with zero attached hydrogens (tertiary/aromatic N) is 2. The summed E-state index contributed by atoms with van der Waals surface area (Å²) in [6.45, 7) is 4.35. The fraction of sp³-hybridized carbons (Fsp3) is 0.500. The SMILES string of the molecule is CCS(=O)(=O)NCCNC(=NC)N1CCC(=Cc2ccccc2)CC1. The number of hydrogen-bond donors (Lipinski definition) is 2. The van der Waals surface area contributed by atoms with Crippen molar-refractivity contribution in [3.63, 3.8) is 0 Å².